The number of pyridine rings is 1. The predicted octanol–water partition coefficient (Wildman–Crippen LogP) is 1.86. The van der Waals surface area contributed by atoms with Crippen LogP contribution in [0, 0.1) is 0 Å². The summed E-state index contributed by atoms with van der Waals surface area (Å²) in [5.74, 6) is 0.222. The number of carbonyl (C=O) groups is 2. The summed E-state index contributed by atoms with van der Waals surface area (Å²) in [6.07, 6.45) is 1.74. The molecule has 0 aliphatic heterocycles. The average Bonchev–Trinajstić information content (AvgIpc) is 3.14. The molecule has 3 N–H and O–H groups in total. The van der Waals surface area contributed by atoms with Crippen molar-refractivity contribution < 1.29 is 19.1 Å². The van der Waals surface area contributed by atoms with Crippen LogP contribution in [0.5, 0.6) is 11.5 Å². The number of hydrogen-bond acceptors (Lipinski definition) is 7. The van der Waals surface area contributed by atoms with Crippen LogP contribution < -0.4 is 25.6 Å². The number of hydrogen-bond donors (Lipinski definition) is 3. The molecule has 0 bridgehead atoms. The van der Waals surface area contributed by atoms with Crippen LogP contribution in [-0.4, -0.2) is 37.6 Å². The number of fused-ring (bicyclic) bond motifs is 1. The van der Waals surface area contributed by atoms with Crippen molar-refractivity contribution in [2.45, 2.75) is 6.54 Å². The highest BCUT2D eigenvalue weighted by molar-refractivity contribution is 7.17. The summed E-state index contributed by atoms with van der Waals surface area (Å²) in [4.78, 5) is 28.5. The molecule has 0 saturated heterocycles. The molecule has 0 radical (unpaired) electrons. The summed E-state index contributed by atoms with van der Waals surface area (Å²) in [5, 5.41) is 4.56. The van der Waals surface area contributed by atoms with Gasteiger partial charge in [-0.1, -0.05) is 0 Å². The molecule has 0 spiro atoms. The molecule has 28 heavy (non-hydrogen) atoms. The maximum absolute atomic E-state index is 12.2. The number of methoxy groups -OCH3 is 2. The van der Waals surface area contributed by atoms with Gasteiger partial charge in [0.15, 0.2) is 11.5 Å². The van der Waals surface area contributed by atoms with Gasteiger partial charge in [-0.05, 0) is 35.7 Å². The van der Waals surface area contributed by atoms with Gasteiger partial charge in [0, 0.05) is 23.9 Å². The third-order valence-electron chi connectivity index (χ3n) is 3.96. The van der Waals surface area contributed by atoms with Gasteiger partial charge in [-0.15, -0.1) is 11.3 Å². The molecule has 146 valence electrons. The lowest BCUT2D eigenvalue weighted by atomic mass is 10.2. The predicted molar refractivity (Wildman–Crippen MR) is 106 cm³/mol. The molecule has 3 aromatic rings. The van der Waals surface area contributed by atoms with Crippen molar-refractivity contribution >= 4 is 33.4 Å². The Morgan fingerprint density at radius 3 is 2.75 bits per heavy atom. The first-order valence-electron chi connectivity index (χ1n) is 8.45. The monoisotopic (exact) mass is 400 g/mol. The summed E-state index contributed by atoms with van der Waals surface area (Å²) >= 11 is 1.60. The number of ether oxygens (including phenoxy) is 2. The fraction of sp³-hybridized carbons (Fsp3) is 0.211. The van der Waals surface area contributed by atoms with Gasteiger partial charge in [0.25, 0.3) is 11.8 Å². The van der Waals surface area contributed by atoms with Crippen molar-refractivity contribution in [1.82, 2.24) is 21.2 Å². The van der Waals surface area contributed by atoms with Crippen LogP contribution in [0.1, 0.15) is 15.9 Å². The second kappa shape index (κ2) is 9.16. The van der Waals surface area contributed by atoms with E-state index in [0.717, 1.165) is 15.8 Å². The highest BCUT2D eigenvalue weighted by Crippen LogP contribution is 2.27. The third-order valence-corrected chi connectivity index (χ3v) is 4.95. The summed E-state index contributed by atoms with van der Waals surface area (Å²) in [6.45, 7) is 0.273. The van der Waals surface area contributed by atoms with E-state index in [4.69, 9.17) is 9.47 Å². The van der Waals surface area contributed by atoms with Gasteiger partial charge in [0.2, 0.25) is 0 Å². The summed E-state index contributed by atoms with van der Waals surface area (Å²) in [6, 6.07) is 8.67. The topological polar surface area (TPSA) is 102 Å². The lowest BCUT2D eigenvalue weighted by Crippen LogP contribution is -2.43. The van der Waals surface area contributed by atoms with Crippen molar-refractivity contribution in [1.29, 1.82) is 0 Å². The fourth-order valence-electron chi connectivity index (χ4n) is 2.56. The Morgan fingerprint density at radius 1 is 1.14 bits per heavy atom. The molecule has 0 atom stereocenters. The van der Waals surface area contributed by atoms with Crippen molar-refractivity contribution in [2.24, 2.45) is 0 Å². The lowest BCUT2D eigenvalue weighted by molar-refractivity contribution is -0.121. The number of nitrogens with one attached hydrogen (secondary N) is 3. The zero-order valence-corrected chi connectivity index (χ0v) is 16.3. The van der Waals surface area contributed by atoms with Gasteiger partial charge in [0.1, 0.15) is 0 Å². The van der Waals surface area contributed by atoms with Gasteiger partial charge in [-0.25, -0.2) is 5.43 Å². The number of hydrazine groups is 1. The Labute approximate surface area is 165 Å². The van der Waals surface area contributed by atoms with Gasteiger partial charge in [0.05, 0.1) is 31.0 Å². The Kier molecular flexibility index (Phi) is 6.41. The van der Waals surface area contributed by atoms with E-state index in [1.165, 1.54) is 14.2 Å². The molecule has 0 unspecified atom stereocenters. The van der Waals surface area contributed by atoms with Crippen molar-refractivity contribution in [3.8, 4) is 11.5 Å². The van der Waals surface area contributed by atoms with Crippen LogP contribution in [0.2, 0.25) is 0 Å². The lowest BCUT2D eigenvalue weighted by Gasteiger charge is -2.10. The molecule has 2 amide bonds. The molecule has 2 aromatic heterocycles. The minimum absolute atomic E-state index is 0.164. The average molecular weight is 400 g/mol. The molecule has 0 aliphatic carbocycles. The van der Waals surface area contributed by atoms with Gasteiger partial charge in [-0.3, -0.25) is 20.0 Å². The van der Waals surface area contributed by atoms with Crippen molar-refractivity contribution in [2.75, 3.05) is 20.8 Å². The standard InChI is InChI=1S/C19H20N4O4S/c1-26-14-6-5-12(8-15(14)27-2)19(25)21-10-17(24)23-22-9-13-11-28-16-4-3-7-20-18(13)16/h3-8,11,22H,9-10H2,1-2H3,(H,21,25)(H,23,24). The van der Waals surface area contributed by atoms with Gasteiger partial charge >= 0.3 is 0 Å². The molecular weight excluding hydrogens is 380 g/mol. The van der Waals surface area contributed by atoms with E-state index in [2.05, 4.69) is 21.2 Å². The molecule has 0 saturated carbocycles. The van der Waals surface area contributed by atoms with Crippen LogP contribution in [0.4, 0.5) is 0 Å². The minimum Gasteiger partial charge on any atom is -0.493 e. The molecule has 9 heteroatoms. The first-order valence-corrected chi connectivity index (χ1v) is 9.33. The Balaban J connectivity index is 1.47. The normalized spacial score (nSPS) is 10.5. The Morgan fingerprint density at radius 2 is 1.96 bits per heavy atom. The second-order valence-electron chi connectivity index (χ2n) is 5.77. The number of carbonyl (C=O) groups excluding carboxylic acids is 2. The van der Waals surface area contributed by atoms with Crippen LogP contribution in [0.15, 0.2) is 41.9 Å². The Bertz CT molecular complexity index is 989. The second-order valence-corrected chi connectivity index (χ2v) is 6.68. The van der Waals surface area contributed by atoms with Crippen molar-refractivity contribution in [3.63, 3.8) is 0 Å². The SMILES string of the molecule is COc1ccc(C(=O)NCC(=O)NNCc2csc3cccnc23)cc1OC. The number of aromatic nitrogens is 1. The Hall–Kier alpha value is -3.17. The fourth-order valence-corrected chi connectivity index (χ4v) is 3.48. The van der Waals surface area contributed by atoms with E-state index in [1.807, 2.05) is 17.5 Å². The summed E-state index contributed by atoms with van der Waals surface area (Å²) in [5.41, 5.74) is 7.70. The number of thiophene rings is 1. The van der Waals surface area contributed by atoms with Crippen LogP contribution >= 0.6 is 11.3 Å². The molecular formula is C19H20N4O4S. The molecule has 2 heterocycles. The van der Waals surface area contributed by atoms with Gasteiger partial charge < -0.3 is 14.8 Å². The highest BCUT2D eigenvalue weighted by atomic mass is 32.1. The summed E-state index contributed by atoms with van der Waals surface area (Å²) in [7, 11) is 3.01. The van der Waals surface area contributed by atoms with Crippen molar-refractivity contribution in [3.05, 3.63) is 53.0 Å². The smallest absolute Gasteiger partial charge is 0.253 e. The first kappa shape index (κ1) is 19.6. The minimum atomic E-state index is -0.385. The van der Waals surface area contributed by atoms with E-state index in [9.17, 15) is 9.59 Å². The number of rotatable bonds is 8. The largest absolute Gasteiger partial charge is 0.493 e. The highest BCUT2D eigenvalue weighted by Gasteiger charge is 2.12. The van der Waals surface area contributed by atoms with Gasteiger partial charge in [-0.2, -0.15) is 0 Å². The van der Waals surface area contributed by atoms with E-state index >= 15 is 0 Å². The first-order chi connectivity index (χ1) is 13.6. The maximum Gasteiger partial charge on any atom is 0.253 e. The van der Waals surface area contributed by atoms with Crippen LogP contribution in [0.3, 0.4) is 0 Å². The molecule has 8 nitrogen and oxygen atoms in total. The molecule has 0 aliphatic rings. The molecule has 0 fully saturated rings. The van der Waals surface area contributed by atoms with E-state index in [0.29, 0.717) is 23.6 Å². The molecule has 1 aromatic carbocycles. The number of benzene rings is 1. The zero-order chi connectivity index (χ0) is 19.9. The third kappa shape index (κ3) is 4.56. The quantitative estimate of drug-likeness (QED) is 0.499. The van der Waals surface area contributed by atoms with E-state index in [-0.39, 0.29) is 18.4 Å². The van der Waals surface area contributed by atoms with E-state index < -0.39 is 0 Å². The zero-order valence-electron chi connectivity index (χ0n) is 15.4. The van der Waals surface area contributed by atoms with Crippen LogP contribution in [0.25, 0.3) is 10.2 Å². The van der Waals surface area contributed by atoms with Crippen LogP contribution in [-0.2, 0) is 11.3 Å². The summed E-state index contributed by atoms with van der Waals surface area (Å²) < 4.78 is 11.4. The number of amides is 2. The van der Waals surface area contributed by atoms with E-state index in [1.54, 1.807) is 35.7 Å². The number of nitrogens with zero attached hydrogens (tertiary/aromatic N) is 1. The molecule has 3 rings (SSSR count). The maximum atomic E-state index is 12.2.